The minimum absolute atomic E-state index is 0.222. The third kappa shape index (κ3) is 2.15. The number of aromatic nitrogens is 4. The summed E-state index contributed by atoms with van der Waals surface area (Å²) in [5.41, 5.74) is 4.87. The fourth-order valence-electron chi connectivity index (χ4n) is 3.20. The molecule has 7 nitrogen and oxygen atoms in total. The van der Waals surface area contributed by atoms with Crippen LogP contribution in [0.2, 0.25) is 0 Å². The molecule has 0 fully saturated rings. The molecule has 1 atom stereocenters. The largest absolute Gasteiger partial charge is 0.354 e. The first-order valence-corrected chi connectivity index (χ1v) is 7.95. The van der Waals surface area contributed by atoms with Crippen molar-refractivity contribution in [1.82, 2.24) is 20.5 Å². The second kappa shape index (κ2) is 5.81. The zero-order valence-corrected chi connectivity index (χ0v) is 13.2. The van der Waals surface area contributed by atoms with E-state index in [0.29, 0.717) is 16.7 Å². The van der Waals surface area contributed by atoms with Crippen LogP contribution in [0.5, 0.6) is 0 Å². The fraction of sp³-hybridized carbons (Fsp3) is 0.294. The van der Waals surface area contributed by atoms with Crippen LogP contribution in [0.4, 0.5) is 5.82 Å². The molecule has 120 valence electrons. The molecule has 0 saturated heterocycles. The Balaban J connectivity index is 1.92. The van der Waals surface area contributed by atoms with Crippen LogP contribution in [0, 0.1) is 6.57 Å². The molecule has 0 spiro atoms. The number of rotatable bonds is 4. The fourth-order valence-corrected chi connectivity index (χ4v) is 3.20. The summed E-state index contributed by atoms with van der Waals surface area (Å²) in [5, 5.41) is 18.5. The Labute approximate surface area is 138 Å². The second-order valence-electron chi connectivity index (χ2n) is 5.82. The molecule has 4 rings (SSSR count). The normalized spacial score (nSPS) is 16.8. The maximum Gasteiger partial charge on any atom is 0.196 e. The van der Waals surface area contributed by atoms with Crippen molar-refractivity contribution in [2.45, 2.75) is 32.1 Å². The molecule has 1 aliphatic rings. The van der Waals surface area contributed by atoms with Gasteiger partial charge in [-0.15, -0.1) is 0 Å². The second-order valence-corrected chi connectivity index (χ2v) is 5.82. The molecule has 7 heteroatoms. The first-order valence-electron chi connectivity index (χ1n) is 7.95. The van der Waals surface area contributed by atoms with Gasteiger partial charge in [-0.1, -0.05) is 25.5 Å². The number of nitrogens with one attached hydrogen (secondary N) is 2. The van der Waals surface area contributed by atoms with Gasteiger partial charge in [0.2, 0.25) is 0 Å². The van der Waals surface area contributed by atoms with E-state index in [1.807, 2.05) is 18.2 Å². The number of anilines is 1. The highest BCUT2D eigenvalue weighted by Gasteiger charge is 2.33. The molecule has 3 heterocycles. The number of nitrogens with zero attached hydrogens (tertiary/aromatic N) is 4. The van der Waals surface area contributed by atoms with E-state index in [0.717, 1.165) is 41.9 Å². The molecule has 2 N–H and O–H groups in total. The Morgan fingerprint density at radius 2 is 2.21 bits per heavy atom. The molecule has 1 aromatic carbocycles. The predicted molar refractivity (Wildman–Crippen MR) is 89.0 cm³/mol. The SMILES string of the molecule is [C-]#[N+]C1=C(CCCC)Nc2[nH]ncc2C1c1cccc2nonc12. The van der Waals surface area contributed by atoms with Crippen LogP contribution >= 0.6 is 0 Å². The van der Waals surface area contributed by atoms with E-state index in [1.54, 1.807) is 6.20 Å². The van der Waals surface area contributed by atoms with E-state index in [9.17, 15) is 0 Å². The summed E-state index contributed by atoms with van der Waals surface area (Å²) in [6, 6.07) is 5.74. The van der Waals surface area contributed by atoms with Crippen molar-refractivity contribution >= 4 is 16.9 Å². The molecule has 3 aromatic rings. The Morgan fingerprint density at radius 1 is 1.29 bits per heavy atom. The van der Waals surface area contributed by atoms with Gasteiger partial charge >= 0.3 is 0 Å². The van der Waals surface area contributed by atoms with Gasteiger partial charge in [0.15, 0.2) is 5.70 Å². The molecule has 0 amide bonds. The quantitative estimate of drug-likeness (QED) is 0.714. The van der Waals surface area contributed by atoms with Crippen LogP contribution in [-0.2, 0) is 0 Å². The summed E-state index contributed by atoms with van der Waals surface area (Å²) >= 11 is 0. The summed E-state index contributed by atoms with van der Waals surface area (Å²) in [5.74, 6) is 0.618. The van der Waals surface area contributed by atoms with Crippen molar-refractivity contribution in [3.63, 3.8) is 0 Å². The Morgan fingerprint density at radius 3 is 3.04 bits per heavy atom. The lowest BCUT2D eigenvalue weighted by Crippen LogP contribution is -2.17. The number of unbranched alkanes of at least 4 members (excludes halogenated alkanes) is 1. The summed E-state index contributed by atoms with van der Waals surface area (Å²) in [7, 11) is 0. The predicted octanol–water partition coefficient (Wildman–Crippen LogP) is 3.82. The number of hydrogen-bond acceptors (Lipinski definition) is 5. The lowest BCUT2D eigenvalue weighted by Gasteiger charge is -2.26. The van der Waals surface area contributed by atoms with Crippen molar-refractivity contribution in [2.24, 2.45) is 0 Å². The lowest BCUT2D eigenvalue weighted by molar-refractivity contribution is 0.315. The van der Waals surface area contributed by atoms with Gasteiger partial charge in [-0.2, -0.15) is 5.10 Å². The zero-order valence-electron chi connectivity index (χ0n) is 13.2. The van der Waals surface area contributed by atoms with E-state index in [-0.39, 0.29) is 5.92 Å². The molecule has 24 heavy (non-hydrogen) atoms. The highest BCUT2D eigenvalue weighted by molar-refractivity contribution is 5.80. The highest BCUT2D eigenvalue weighted by Crippen LogP contribution is 2.43. The average molecular weight is 320 g/mol. The monoisotopic (exact) mass is 320 g/mol. The lowest BCUT2D eigenvalue weighted by atomic mass is 9.85. The van der Waals surface area contributed by atoms with E-state index >= 15 is 0 Å². The van der Waals surface area contributed by atoms with E-state index < -0.39 is 0 Å². The van der Waals surface area contributed by atoms with Crippen LogP contribution in [0.1, 0.15) is 43.2 Å². The van der Waals surface area contributed by atoms with Gasteiger partial charge < -0.3 is 5.32 Å². The number of benzene rings is 1. The van der Waals surface area contributed by atoms with Gasteiger partial charge in [0.25, 0.3) is 0 Å². The number of allylic oxidation sites excluding steroid dienone is 2. The Bertz CT molecular complexity index is 961. The molecule has 0 bridgehead atoms. The van der Waals surface area contributed by atoms with Gasteiger partial charge in [-0.3, -0.25) is 5.10 Å². The first kappa shape index (κ1) is 14.5. The Kier molecular flexibility index (Phi) is 3.50. The highest BCUT2D eigenvalue weighted by atomic mass is 16.6. The molecule has 2 aromatic heterocycles. The van der Waals surface area contributed by atoms with Gasteiger partial charge in [-0.25, -0.2) is 9.47 Å². The first-order chi connectivity index (χ1) is 11.8. The zero-order chi connectivity index (χ0) is 16.5. The molecular formula is C17H16N6O. The van der Waals surface area contributed by atoms with Gasteiger partial charge in [0.05, 0.1) is 18.7 Å². The summed E-state index contributed by atoms with van der Waals surface area (Å²) in [4.78, 5) is 3.86. The molecule has 1 aliphatic heterocycles. The summed E-state index contributed by atoms with van der Waals surface area (Å²) in [6.07, 6.45) is 4.68. The van der Waals surface area contributed by atoms with Crippen LogP contribution < -0.4 is 5.32 Å². The van der Waals surface area contributed by atoms with Crippen LogP contribution in [0.15, 0.2) is 40.4 Å². The van der Waals surface area contributed by atoms with Crippen molar-refractivity contribution in [2.75, 3.05) is 5.32 Å². The Hall–Kier alpha value is -3.14. The molecule has 1 unspecified atom stereocenters. The van der Waals surface area contributed by atoms with Crippen molar-refractivity contribution in [3.8, 4) is 0 Å². The van der Waals surface area contributed by atoms with Crippen LogP contribution in [0.3, 0.4) is 0 Å². The van der Waals surface area contributed by atoms with E-state index in [1.165, 1.54) is 0 Å². The molecule has 0 radical (unpaired) electrons. The summed E-state index contributed by atoms with van der Waals surface area (Å²) in [6.45, 7) is 9.89. The van der Waals surface area contributed by atoms with Gasteiger partial charge in [-0.05, 0) is 34.8 Å². The minimum Gasteiger partial charge on any atom is -0.354 e. The van der Waals surface area contributed by atoms with Crippen molar-refractivity contribution in [3.05, 3.63) is 58.3 Å². The van der Waals surface area contributed by atoms with Gasteiger partial charge in [0, 0.05) is 11.3 Å². The maximum absolute atomic E-state index is 7.75. The molecule has 0 aliphatic carbocycles. The van der Waals surface area contributed by atoms with E-state index in [2.05, 4.69) is 37.6 Å². The topological polar surface area (TPSA) is 84.0 Å². The van der Waals surface area contributed by atoms with Crippen LogP contribution in [0.25, 0.3) is 15.9 Å². The summed E-state index contributed by atoms with van der Waals surface area (Å²) < 4.78 is 4.89. The van der Waals surface area contributed by atoms with Crippen LogP contribution in [-0.4, -0.2) is 20.5 Å². The van der Waals surface area contributed by atoms with Gasteiger partial charge in [0.1, 0.15) is 16.9 Å². The third-order valence-corrected chi connectivity index (χ3v) is 4.37. The minimum atomic E-state index is -0.222. The smallest absolute Gasteiger partial charge is 0.196 e. The average Bonchev–Trinajstić information content (AvgIpc) is 3.26. The molecule has 0 saturated carbocycles. The number of hydrogen-bond donors (Lipinski definition) is 2. The molecular weight excluding hydrogens is 304 g/mol. The maximum atomic E-state index is 7.75. The number of aromatic amines is 1. The van der Waals surface area contributed by atoms with E-state index in [4.69, 9.17) is 11.2 Å². The number of H-pyrrole nitrogens is 1. The number of fused-ring (bicyclic) bond motifs is 2. The standard InChI is InChI=1S/C17H16N6O/c1-3-4-7-12-16(18-2)14(11-9-19-21-17(11)20-12)10-6-5-8-13-15(10)23-24-22-13/h5-6,8-9,14H,3-4,7H2,1H3,(H2,19,20,21). The third-order valence-electron chi connectivity index (χ3n) is 4.37. The van der Waals surface area contributed by atoms with Crippen molar-refractivity contribution in [1.29, 1.82) is 0 Å². The van der Waals surface area contributed by atoms with Crippen molar-refractivity contribution < 1.29 is 4.63 Å².